The first kappa shape index (κ1) is 17.2. The smallest absolute Gasteiger partial charge is 0.254 e. The molecule has 1 unspecified atom stereocenters. The molecule has 1 amide bonds. The summed E-state index contributed by atoms with van der Waals surface area (Å²) in [6.07, 6.45) is 5.25. The number of aromatic nitrogens is 3. The molecule has 7 nitrogen and oxygen atoms in total. The summed E-state index contributed by atoms with van der Waals surface area (Å²) in [6, 6.07) is 12.1. The lowest BCUT2D eigenvalue weighted by atomic mass is 10.1. The van der Waals surface area contributed by atoms with Gasteiger partial charge in [0.05, 0.1) is 31.5 Å². The number of carbonyl (C=O) groups is 1. The van der Waals surface area contributed by atoms with Crippen molar-refractivity contribution in [3.8, 4) is 5.75 Å². The average molecular weight is 364 g/mol. The van der Waals surface area contributed by atoms with Crippen molar-refractivity contribution >= 4 is 5.91 Å². The number of fused-ring (bicyclic) bond motifs is 1. The Bertz CT molecular complexity index is 926. The van der Waals surface area contributed by atoms with Crippen molar-refractivity contribution < 1.29 is 14.6 Å². The Morgan fingerprint density at radius 3 is 2.96 bits per heavy atom. The molecule has 0 spiro atoms. The van der Waals surface area contributed by atoms with Crippen molar-refractivity contribution in [3.63, 3.8) is 0 Å². The maximum atomic E-state index is 12.9. The Kier molecular flexibility index (Phi) is 4.84. The number of hydrogen-bond donors (Lipinski definition) is 1. The van der Waals surface area contributed by atoms with Crippen molar-refractivity contribution in [2.75, 3.05) is 13.2 Å². The highest BCUT2D eigenvalue weighted by Crippen LogP contribution is 2.23. The molecule has 4 rings (SSSR count). The van der Waals surface area contributed by atoms with Gasteiger partial charge in [-0.2, -0.15) is 5.10 Å². The van der Waals surface area contributed by atoms with Crippen LogP contribution in [0.25, 0.3) is 0 Å². The Labute approximate surface area is 156 Å². The molecule has 1 aliphatic heterocycles. The van der Waals surface area contributed by atoms with E-state index in [-0.39, 0.29) is 17.7 Å². The molecule has 3 heterocycles. The van der Waals surface area contributed by atoms with Gasteiger partial charge < -0.3 is 14.7 Å². The van der Waals surface area contributed by atoms with Gasteiger partial charge in [0, 0.05) is 30.7 Å². The van der Waals surface area contributed by atoms with Crippen molar-refractivity contribution in [2.24, 2.45) is 0 Å². The Morgan fingerprint density at radius 2 is 2.15 bits per heavy atom. The molecule has 138 valence electrons. The van der Waals surface area contributed by atoms with E-state index in [0.717, 1.165) is 11.3 Å². The minimum atomic E-state index is -0.115. The van der Waals surface area contributed by atoms with Crippen LogP contribution in [-0.2, 0) is 17.9 Å². The quantitative estimate of drug-likeness (QED) is 0.752. The summed E-state index contributed by atoms with van der Waals surface area (Å²) in [7, 11) is 0. The summed E-state index contributed by atoms with van der Waals surface area (Å²) in [6.45, 7) is 1.87. The fourth-order valence-corrected chi connectivity index (χ4v) is 3.28. The zero-order valence-electron chi connectivity index (χ0n) is 14.7. The topological polar surface area (TPSA) is 80.5 Å². The van der Waals surface area contributed by atoms with Crippen LogP contribution in [-0.4, -0.2) is 43.8 Å². The third-order valence-corrected chi connectivity index (χ3v) is 4.56. The first-order chi connectivity index (χ1) is 13.2. The average Bonchev–Trinajstić information content (AvgIpc) is 3.17. The molecule has 0 bridgehead atoms. The number of benzene rings is 1. The number of hydrogen-bond acceptors (Lipinski definition) is 5. The largest absolute Gasteiger partial charge is 0.508 e. The second kappa shape index (κ2) is 7.59. The number of phenolic OH excluding ortho intramolecular Hbond substituents is 1. The molecule has 1 atom stereocenters. The maximum Gasteiger partial charge on any atom is 0.254 e. The molecule has 0 fully saturated rings. The van der Waals surface area contributed by atoms with E-state index >= 15 is 0 Å². The number of phenols is 1. The van der Waals surface area contributed by atoms with Gasteiger partial charge in [0.25, 0.3) is 5.91 Å². The van der Waals surface area contributed by atoms with Gasteiger partial charge in [-0.25, -0.2) is 0 Å². The zero-order valence-corrected chi connectivity index (χ0v) is 14.7. The van der Waals surface area contributed by atoms with Crippen LogP contribution in [0.3, 0.4) is 0 Å². The van der Waals surface area contributed by atoms with E-state index in [1.54, 1.807) is 41.7 Å². The second-order valence-electron chi connectivity index (χ2n) is 6.53. The van der Waals surface area contributed by atoms with Crippen LogP contribution < -0.4 is 0 Å². The SMILES string of the molecule is O=C(c1cccc(O)c1)N1Cc2ccnn2C(COCc2cccnc2)C1. The van der Waals surface area contributed by atoms with E-state index < -0.39 is 0 Å². The van der Waals surface area contributed by atoms with Crippen LogP contribution >= 0.6 is 0 Å². The highest BCUT2D eigenvalue weighted by atomic mass is 16.5. The van der Waals surface area contributed by atoms with Gasteiger partial charge in [-0.05, 0) is 35.9 Å². The second-order valence-corrected chi connectivity index (χ2v) is 6.53. The number of rotatable bonds is 5. The summed E-state index contributed by atoms with van der Waals surface area (Å²) < 4.78 is 7.79. The summed E-state index contributed by atoms with van der Waals surface area (Å²) in [5, 5.41) is 14.0. The molecule has 1 aromatic carbocycles. The van der Waals surface area contributed by atoms with E-state index in [1.165, 1.54) is 6.07 Å². The molecule has 27 heavy (non-hydrogen) atoms. The van der Waals surface area contributed by atoms with Crippen LogP contribution in [0.5, 0.6) is 5.75 Å². The molecule has 0 aliphatic carbocycles. The van der Waals surface area contributed by atoms with Gasteiger partial charge in [-0.15, -0.1) is 0 Å². The van der Waals surface area contributed by atoms with Crippen LogP contribution in [0.4, 0.5) is 0 Å². The molecule has 0 radical (unpaired) electrons. The monoisotopic (exact) mass is 364 g/mol. The molecule has 1 N–H and O–H groups in total. The van der Waals surface area contributed by atoms with Crippen molar-refractivity contribution in [3.05, 3.63) is 77.9 Å². The van der Waals surface area contributed by atoms with Crippen LogP contribution in [0.2, 0.25) is 0 Å². The van der Waals surface area contributed by atoms with E-state index in [2.05, 4.69) is 10.1 Å². The highest BCUT2D eigenvalue weighted by Gasteiger charge is 2.29. The van der Waals surface area contributed by atoms with E-state index in [9.17, 15) is 9.90 Å². The van der Waals surface area contributed by atoms with Gasteiger partial charge in [-0.3, -0.25) is 14.5 Å². The molecule has 0 saturated carbocycles. The number of carbonyl (C=O) groups excluding carboxylic acids is 1. The van der Waals surface area contributed by atoms with Gasteiger partial charge >= 0.3 is 0 Å². The summed E-state index contributed by atoms with van der Waals surface area (Å²) in [5.41, 5.74) is 2.43. The van der Waals surface area contributed by atoms with Gasteiger partial charge in [0.2, 0.25) is 0 Å². The summed E-state index contributed by atoms with van der Waals surface area (Å²) in [4.78, 5) is 18.7. The molecular weight excluding hydrogens is 344 g/mol. The third-order valence-electron chi connectivity index (χ3n) is 4.56. The fourth-order valence-electron chi connectivity index (χ4n) is 3.28. The lowest BCUT2D eigenvalue weighted by Gasteiger charge is -2.34. The first-order valence-corrected chi connectivity index (χ1v) is 8.78. The lowest BCUT2D eigenvalue weighted by molar-refractivity contribution is 0.0447. The molecule has 7 heteroatoms. The molecular formula is C20H20N4O3. The van der Waals surface area contributed by atoms with Crippen LogP contribution in [0, 0.1) is 0 Å². The fraction of sp³-hybridized carbons (Fsp3) is 0.250. The van der Waals surface area contributed by atoms with E-state index in [0.29, 0.717) is 31.9 Å². The standard InChI is InChI=1S/C20H20N4O3/c25-19-5-1-4-16(9-19)20(26)23-11-17-6-8-22-24(17)18(12-23)14-27-13-15-3-2-7-21-10-15/h1-10,18,25H,11-14H2. The number of pyridine rings is 1. The minimum absolute atomic E-state index is 0.0679. The normalized spacial score (nSPS) is 16.1. The molecule has 0 saturated heterocycles. The zero-order chi connectivity index (χ0) is 18.6. The summed E-state index contributed by atoms with van der Waals surface area (Å²) in [5.74, 6) is -0.0325. The predicted molar refractivity (Wildman–Crippen MR) is 98.0 cm³/mol. The van der Waals surface area contributed by atoms with Crippen molar-refractivity contribution in [1.29, 1.82) is 0 Å². The highest BCUT2D eigenvalue weighted by molar-refractivity contribution is 5.94. The van der Waals surface area contributed by atoms with Crippen LogP contribution in [0.15, 0.2) is 61.1 Å². The van der Waals surface area contributed by atoms with Gasteiger partial charge in [0.1, 0.15) is 5.75 Å². The van der Waals surface area contributed by atoms with Gasteiger partial charge in [-0.1, -0.05) is 12.1 Å². The molecule has 1 aliphatic rings. The van der Waals surface area contributed by atoms with Crippen LogP contribution in [0.1, 0.15) is 27.7 Å². The molecule has 2 aromatic heterocycles. The van der Waals surface area contributed by atoms with Crippen molar-refractivity contribution in [2.45, 2.75) is 19.2 Å². The first-order valence-electron chi connectivity index (χ1n) is 8.78. The summed E-state index contributed by atoms with van der Waals surface area (Å²) >= 11 is 0. The van der Waals surface area contributed by atoms with E-state index in [1.807, 2.05) is 22.9 Å². The lowest BCUT2D eigenvalue weighted by Crippen LogP contribution is -2.42. The number of amides is 1. The minimum Gasteiger partial charge on any atom is -0.508 e. The Hall–Kier alpha value is -3.19. The Balaban J connectivity index is 1.46. The van der Waals surface area contributed by atoms with Gasteiger partial charge in [0.15, 0.2) is 0 Å². The van der Waals surface area contributed by atoms with E-state index in [4.69, 9.17) is 4.74 Å². The van der Waals surface area contributed by atoms with Crippen molar-refractivity contribution in [1.82, 2.24) is 19.7 Å². The predicted octanol–water partition coefficient (Wildman–Crippen LogP) is 2.40. The number of ether oxygens (including phenoxy) is 1. The maximum absolute atomic E-state index is 12.9. The Morgan fingerprint density at radius 1 is 1.22 bits per heavy atom. The number of nitrogens with zero attached hydrogens (tertiary/aromatic N) is 4. The number of aromatic hydroxyl groups is 1. The molecule has 3 aromatic rings. The third kappa shape index (κ3) is 3.83.